The predicted octanol–water partition coefficient (Wildman–Crippen LogP) is 3.53. The van der Waals surface area contributed by atoms with Gasteiger partial charge in [0.15, 0.2) is 0 Å². The number of halogens is 1. The summed E-state index contributed by atoms with van der Waals surface area (Å²) in [5, 5.41) is 7.06. The lowest BCUT2D eigenvalue weighted by Gasteiger charge is -2.12. The Bertz CT molecular complexity index is 894. The van der Waals surface area contributed by atoms with Gasteiger partial charge in [0.2, 0.25) is 5.91 Å². The number of hydrogen-bond acceptors (Lipinski definition) is 4. The third-order valence-corrected chi connectivity index (χ3v) is 4.23. The SMILES string of the molecule is COc1cc(CC(=O)Nc2cc(Br)ccc2-n2cncn2)ccc1C. The fraction of sp³-hybridized carbons (Fsp3) is 0.167. The maximum atomic E-state index is 12.5. The van der Waals surface area contributed by atoms with E-state index < -0.39 is 0 Å². The molecule has 0 atom stereocenters. The van der Waals surface area contributed by atoms with E-state index in [4.69, 9.17) is 4.74 Å². The Morgan fingerprint density at radius 3 is 2.84 bits per heavy atom. The highest BCUT2D eigenvalue weighted by Crippen LogP contribution is 2.25. The van der Waals surface area contributed by atoms with E-state index >= 15 is 0 Å². The zero-order valence-electron chi connectivity index (χ0n) is 13.9. The van der Waals surface area contributed by atoms with Crippen LogP contribution in [0.25, 0.3) is 5.69 Å². The largest absolute Gasteiger partial charge is 0.496 e. The van der Waals surface area contributed by atoms with Gasteiger partial charge in [0.1, 0.15) is 18.4 Å². The normalized spacial score (nSPS) is 10.5. The molecule has 1 heterocycles. The van der Waals surface area contributed by atoms with Gasteiger partial charge >= 0.3 is 0 Å². The van der Waals surface area contributed by atoms with Crippen LogP contribution in [0.4, 0.5) is 5.69 Å². The first kappa shape index (κ1) is 17.2. The lowest BCUT2D eigenvalue weighted by Crippen LogP contribution is -2.16. The molecule has 0 unspecified atom stereocenters. The van der Waals surface area contributed by atoms with Crippen molar-refractivity contribution in [2.75, 3.05) is 12.4 Å². The number of nitrogens with one attached hydrogen (secondary N) is 1. The second-order valence-corrected chi connectivity index (χ2v) is 6.45. The molecular formula is C18H17BrN4O2. The van der Waals surface area contributed by atoms with Crippen molar-refractivity contribution in [3.8, 4) is 11.4 Å². The lowest BCUT2D eigenvalue weighted by molar-refractivity contribution is -0.115. The number of ether oxygens (including phenoxy) is 1. The molecule has 0 aliphatic heterocycles. The summed E-state index contributed by atoms with van der Waals surface area (Å²) in [6, 6.07) is 11.3. The molecule has 0 fully saturated rings. The third-order valence-electron chi connectivity index (χ3n) is 3.74. The van der Waals surface area contributed by atoms with E-state index in [-0.39, 0.29) is 12.3 Å². The van der Waals surface area contributed by atoms with Crippen LogP contribution in [-0.4, -0.2) is 27.8 Å². The Morgan fingerprint density at radius 1 is 1.28 bits per heavy atom. The Balaban J connectivity index is 1.80. The molecule has 0 radical (unpaired) electrons. The molecule has 3 aromatic rings. The van der Waals surface area contributed by atoms with E-state index in [0.29, 0.717) is 5.69 Å². The van der Waals surface area contributed by atoms with E-state index in [1.54, 1.807) is 18.1 Å². The number of hydrogen-bond donors (Lipinski definition) is 1. The van der Waals surface area contributed by atoms with Crippen molar-refractivity contribution < 1.29 is 9.53 Å². The van der Waals surface area contributed by atoms with Crippen LogP contribution in [0.2, 0.25) is 0 Å². The summed E-state index contributed by atoms with van der Waals surface area (Å²) in [5.74, 6) is 0.654. The van der Waals surface area contributed by atoms with Crippen LogP contribution in [0.15, 0.2) is 53.5 Å². The molecule has 0 spiro atoms. The highest BCUT2D eigenvalue weighted by Gasteiger charge is 2.11. The molecular weight excluding hydrogens is 384 g/mol. The van der Waals surface area contributed by atoms with Gasteiger partial charge in [-0.1, -0.05) is 28.1 Å². The molecule has 128 valence electrons. The van der Waals surface area contributed by atoms with Crippen LogP contribution in [0.3, 0.4) is 0 Å². The van der Waals surface area contributed by atoms with Gasteiger partial charge in [0, 0.05) is 4.47 Å². The molecule has 0 bridgehead atoms. The number of amides is 1. The third kappa shape index (κ3) is 4.06. The summed E-state index contributed by atoms with van der Waals surface area (Å²) in [6.07, 6.45) is 3.29. The van der Waals surface area contributed by atoms with Crippen molar-refractivity contribution in [2.24, 2.45) is 0 Å². The predicted molar refractivity (Wildman–Crippen MR) is 99.1 cm³/mol. The Morgan fingerprint density at radius 2 is 2.12 bits per heavy atom. The summed E-state index contributed by atoms with van der Waals surface area (Å²) >= 11 is 3.43. The second kappa shape index (κ2) is 7.48. The average Bonchev–Trinajstić information content (AvgIpc) is 3.11. The van der Waals surface area contributed by atoms with Crippen molar-refractivity contribution in [2.45, 2.75) is 13.3 Å². The highest BCUT2D eigenvalue weighted by atomic mass is 79.9. The first-order valence-electron chi connectivity index (χ1n) is 7.65. The van der Waals surface area contributed by atoms with Gasteiger partial charge in [-0.3, -0.25) is 4.79 Å². The summed E-state index contributed by atoms with van der Waals surface area (Å²) in [7, 11) is 1.62. The van der Waals surface area contributed by atoms with Crippen LogP contribution in [-0.2, 0) is 11.2 Å². The van der Waals surface area contributed by atoms with E-state index in [0.717, 1.165) is 27.0 Å². The molecule has 0 saturated heterocycles. The number of nitrogens with zero attached hydrogens (tertiary/aromatic N) is 3. The van der Waals surface area contributed by atoms with Crippen LogP contribution in [0, 0.1) is 6.92 Å². The van der Waals surface area contributed by atoms with Crippen molar-refractivity contribution >= 4 is 27.5 Å². The van der Waals surface area contributed by atoms with Crippen molar-refractivity contribution in [1.82, 2.24) is 14.8 Å². The number of aryl methyl sites for hydroxylation is 1. The number of anilines is 1. The molecule has 2 aromatic carbocycles. The van der Waals surface area contributed by atoms with Crippen LogP contribution >= 0.6 is 15.9 Å². The van der Waals surface area contributed by atoms with Crippen LogP contribution < -0.4 is 10.1 Å². The zero-order chi connectivity index (χ0) is 17.8. The van der Waals surface area contributed by atoms with Gasteiger partial charge < -0.3 is 10.1 Å². The van der Waals surface area contributed by atoms with Crippen LogP contribution in [0.5, 0.6) is 5.75 Å². The molecule has 0 saturated carbocycles. The smallest absolute Gasteiger partial charge is 0.228 e. The summed E-state index contributed by atoms with van der Waals surface area (Å²) in [5.41, 5.74) is 3.32. The summed E-state index contributed by atoms with van der Waals surface area (Å²) in [6.45, 7) is 1.97. The maximum Gasteiger partial charge on any atom is 0.228 e. The zero-order valence-corrected chi connectivity index (χ0v) is 15.4. The Labute approximate surface area is 154 Å². The molecule has 1 N–H and O–H groups in total. The van der Waals surface area contributed by atoms with Gasteiger partial charge in [-0.05, 0) is 42.3 Å². The number of aromatic nitrogens is 3. The molecule has 0 aliphatic rings. The molecule has 0 aliphatic carbocycles. The Kier molecular flexibility index (Phi) is 5.14. The first-order valence-corrected chi connectivity index (χ1v) is 8.44. The van der Waals surface area contributed by atoms with Gasteiger partial charge in [-0.2, -0.15) is 5.10 Å². The van der Waals surface area contributed by atoms with E-state index in [2.05, 4.69) is 31.3 Å². The monoisotopic (exact) mass is 400 g/mol. The van der Waals surface area contributed by atoms with E-state index in [1.807, 2.05) is 43.3 Å². The molecule has 7 heteroatoms. The minimum Gasteiger partial charge on any atom is -0.496 e. The minimum absolute atomic E-state index is 0.120. The summed E-state index contributed by atoms with van der Waals surface area (Å²) < 4.78 is 7.79. The number of rotatable bonds is 5. The van der Waals surface area contributed by atoms with Gasteiger partial charge in [0.05, 0.1) is 24.9 Å². The molecule has 6 nitrogen and oxygen atoms in total. The first-order chi connectivity index (χ1) is 12.1. The molecule has 3 rings (SSSR count). The number of carbonyl (C=O) groups excluding carboxylic acids is 1. The highest BCUT2D eigenvalue weighted by molar-refractivity contribution is 9.10. The van der Waals surface area contributed by atoms with Crippen molar-refractivity contribution in [1.29, 1.82) is 0 Å². The topological polar surface area (TPSA) is 69.0 Å². The average molecular weight is 401 g/mol. The van der Waals surface area contributed by atoms with Gasteiger partial charge in [0.25, 0.3) is 0 Å². The van der Waals surface area contributed by atoms with Crippen molar-refractivity contribution in [3.05, 3.63) is 64.7 Å². The second-order valence-electron chi connectivity index (χ2n) is 5.53. The van der Waals surface area contributed by atoms with Crippen LogP contribution in [0.1, 0.15) is 11.1 Å². The number of benzene rings is 2. The quantitative estimate of drug-likeness (QED) is 0.710. The van der Waals surface area contributed by atoms with E-state index in [9.17, 15) is 4.79 Å². The van der Waals surface area contributed by atoms with Gasteiger partial charge in [-0.25, -0.2) is 9.67 Å². The summed E-state index contributed by atoms with van der Waals surface area (Å²) in [4.78, 5) is 16.4. The molecule has 1 aromatic heterocycles. The molecule has 25 heavy (non-hydrogen) atoms. The fourth-order valence-electron chi connectivity index (χ4n) is 2.49. The van der Waals surface area contributed by atoms with E-state index in [1.165, 1.54) is 6.33 Å². The number of methoxy groups -OCH3 is 1. The Hall–Kier alpha value is -2.67. The standard InChI is InChI=1S/C18H17BrN4O2/c1-12-3-4-13(7-17(12)25-2)8-18(24)22-15-9-14(19)5-6-16(15)23-11-20-10-21-23/h3-7,9-11H,8H2,1-2H3,(H,22,24). The van der Waals surface area contributed by atoms with Gasteiger partial charge in [-0.15, -0.1) is 0 Å². The fourth-order valence-corrected chi connectivity index (χ4v) is 2.86. The maximum absolute atomic E-state index is 12.5. The lowest BCUT2D eigenvalue weighted by atomic mass is 10.1. The minimum atomic E-state index is -0.120. The van der Waals surface area contributed by atoms with Crippen molar-refractivity contribution in [3.63, 3.8) is 0 Å². The molecule has 1 amide bonds. The number of carbonyl (C=O) groups is 1.